The number of anilines is 3. The van der Waals surface area contributed by atoms with Gasteiger partial charge in [0.25, 0.3) is 0 Å². The molecule has 2 heteroatoms. The average Bonchev–Trinajstić information content (AvgIpc) is 3.75. The van der Waals surface area contributed by atoms with Gasteiger partial charge in [-0.1, -0.05) is 178 Å². The summed E-state index contributed by atoms with van der Waals surface area (Å²) >= 11 is 0. The first-order chi connectivity index (χ1) is 29.0. The summed E-state index contributed by atoms with van der Waals surface area (Å²) in [6, 6.07) is 79.9. The molecule has 0 atom stereocenters. The summed E-state index contributed by atoms with van der Waals surface area (Å²) in [6.45, 7) is 4.72. The van der Waals surface area contributed by atoms with Crippen LogP contribution >= 0.6 is 0 Å². The standard InChI is InChI=1S/C57H42N2/c1-57(2)51-25-13-9-22-46(51)47-35-34-44(38-52(47)57)58(43-19-7-4-8-20-43)56-36-33-42(37-50(56)41-31-29-40(30-32-41)39-17-5-3-6-18-39)45-21-10-14-26-53(45)59-54-27-15-11-23-48(54)49-24-12-16-28-55(49)59/h3-38H,1-2H3. The Hall–Kier alpha value is -7.42. The Bertz CT molecular complexity index is 3120. The predicted octanol–water partition coefficient (Wildman–Crippen LogP) is 15.6. The summed E-state index contributed by atoms with van der Waals surface area (Å²) in [4.78, 5) is 2.45. The van der Waals surface area contributed by atoms with E-state index < -0.39 is 0 Å². The Balaban J connectivity index is 1.13. The molecule has 11 rings (SSSR count). The third kappa shape index (κ3) is 5.71. The van der Waals surface area contributed by atoms with Gasteiger partial charge in [-0.25, -0.2) is 0 Å². The summed E-state index contributed by atoms with van der Waals surface area (Å²) in [5.41, 5.74) is 19.2. The molecular weight excluding hydrogens is 713 g/mol. The zero-order valence-corrected chi connectivity index (χ0v) is 33.2. The van der Waals surface area contributed by atoms with Gasteiger partial charge in [-0.2, -0.15) is 0 Å². The summed E-state index contributed by atoms with van der Waals surface area (Å²) in [5.74, 6) is 0. The number of hydrogen-bond donors (Lipinski definition) is 0. The highest BCUT2D eigenvalue weighted by Crippen LogP contribution is 2.51. The highest BCUT2D eigenvalue weighted by Gasteiger charge is 2.36. The SMILES string of the molecule is CC1(C)c2ccccc2-c2ccc(N(c3ccccc3)c3ccc(-c4ccccc4-n4c5ccccc5c5ccccc54)cc3-c3ccc(-c4ccccc4)cc3)cc21. The van der Waals surface area contributed by atoms with Crippen LogP contribution in [0, 0.1) is 0 Å². The molecule has 10 aromatic rings. The van der Waals surface area contributed by atoms with Crippen molar-refractivity contribution in [3.05, 3.63) is 230 Å². The van der Waals surface area contributed by atoms with Gasteiger partial charge in [0, 0.05) is 38.7 Å². The molecule has 1 aromatic heterocycles. The summed E-state index contributed by atoms with van der Waals surface area (Å²) in [5, 5.41) is 2.51. The maximum atomic E-state index is 2.45. The molecule has 9 aromatic carbocycles. The molecule has 1 aliphatic rings. The molecule has 0 amide bonds. The van der Waals surface area contributed by atoms with E-state index in [0.29, 0.717) is 0 Å². The van der Waals surface area contributed by atoms with Gasteiger partial charge in [0.1, 0.15) is 0 Å². The van der Waals surface area contributed by atoms with Crippen molar-refractivity contribution in [2.75, 3.05) is 4.90 Å². The average molecular weight is 755 g/mol. The van der Waals surface area contributed by atoms with Crippen molar-refractivity contribution in [2.24, 2.45) is 0 Å². The summed E-state index contributed by atoms with van der Waals surface area (Å²) in [6.07, 6.45) is 0. The molecule has 0 N–H and O–H groups in total. The Morgan fingerprint density at radius 2 is 0.898 bits per heavy atom. The van der Waals surface area contributed by atoms with E-state index in [1.807, 2.05) is 0 Å². The Kier molecular flexibility index (Phi) is 8.20. The van der Waals surface area contributed by atoms with Crippen molar-refractivity contribution in [1.82, 2.24) is 4.57 Å². The number of benzene rings is 9. The second-order valence-electron chi connectivity index (χ2n) is 16.1. The van der Waals surface area contributed by atoms with Gasteiger partial charge < -0.3 is 9.47 Å². The van der Waals surface area contributed by atoms with Crippen molar-refractivity contribution in [3.63, 3.8) is 0 Å². The number of para-hydroxylation sites is 4. The van der Waals surface area contributed by atoms with Gasteiger partial charge in [0.05, 0.1) is 22.4 Å². The zero-order chi connectivity index (χ0) is 39.5. The Morgan fingerprint density at radius 3 is 1.63 bits per heavy atom. The minimum absolute atomic E-state index is 0.124. The zero-order valence-electron chi connectivity index (χ0n) is 33.2. The van der Waals surface area contributed by atoms with Gasteiger partial charge in [-0.3, -0.25) is 0 Å². The van der Waals surface area contributed by atoms with Crippen LogP contribution in [-0.4, -0.2) is 4.57 Å². The van der Waals surface area contributed by atoms with Crippen LogP contribution in [0.5, 0.6) is 0 Å². The van der Waals surface area contributed by atoms with Crippen LogP contribution in [0.15, 0.2) is 218 Å². The first-order valence-corrected chi connectivity index (χ1v) is 20.5. The van der Waals surface area contributed by atoms with Gasteiger partial charge >= 0.3 is 0 Å². The van der Waals surface area contributed by atoms with Crippen molar-refractivity contribution >= 4 is 38.9 Å². The Labute approximate surface area is 345 Å². The van der Waals surface area contributed by atoms with Crippen LogP contribution in [0.2, 0.25) is 0 Å². The van der Waals surface area contributed by atoms with E-state index in [-0.39, 0.29) is 5.41 Å². The van der Waals surface area contributed by atoms with Crippen LogP contribution in [0.25, 0.3) is 72.0 Å². The first-order valence-electron chi connectivity index (χ1n) is 20.5. The van der Waals surface area contributed by atoms with Crippen molar-refractivity contribution in [2.45, 2.75) is 19.3 Å². The fourth-order valence-corrected chi connectivity index (χ4v) is 9.53. The van der Waals surface area contributed by atoms with Gasteiger partial charge in [-0.15, -0.1) is 0 Å². The number of rotatable bonds is 7. The lowest BCUT2D eigenvalue weighted by atomic mass is 9.82. The van der Waals surface area contributed by atoms with E-state index >= 15 is 0 Å². The lowest BCUT2D eigenvalue weighted by Crippen LogP contribution is -2.16. The van der Waals surface area contributed by atoms with E-state index in [2.05, 4.69) is 242 Å². The van der Waals surface area contributed by atoms with Crippen LogP contribution in [-0.2, 0) is 5.41 Å². The van der Waals surface area contributed by atoms with Gasteiger partial charge in [0.2, 0.25) is 0 Å². The topological polar surface area (TPSA) is 8.17 Å². The normalized spacial score (nSPS) is 12.7. The Morgan fingerprint density at radius 1 is 0.356 bits per heavy atom. The van der Waals surface area contributed by atoms with Crippen LogP contribution < -0.4 is 4.90 Å². The second kappa shape index (κ2) is 13.9. The third-order valence-electron chi connectivity index (χ3n) is 12.4. The van der Waals surface area contributed by atoms with Crippen LogP contribution in [0.4, 0.5) is 17.1 Å². The lowest BCUT2D eigenvalue weighted by molar-refractivity contribution is 0.660. The maximum Gasteiger partial charge on any atom is 0.0541 e. The minimum Gasteiger partial charge on any atom is -0.310 e. The second-order valence-corrected chi connectivity index (χ2v) is 16.1. The molecule has 59 heavy (non-hydrogen) atoms. The predicted molar refractivity (Wildman–Crippen MR) is 249 cm³/mol. The van der Waals surface area contributed by atoms with Gasteiger partial charge in [0.15, 0.2) is 0 Å². The largest absolute Gasteiger partial charge is 0.310 e. The number of nitrogens with zero attached hydrogens (tertiary/aromatic N) is 2. The number of aromatic nitrogens is 1. The molecule has 0 spiro atoms. The van der Waals surface area contributed by atoms with E-state index in [9.17, 15) is 0 Å². The molecule has 1 heterocycles. The fraction of sp³-hybridized carbons (Fsp3) is 0.0526. The molecule has 280 valence electrons. The smallest absolute Gasteiger partial charge is 0.0541 e. The monoisotopic (exact) mass is 754 g/mol. The fourth-order valence-electron chi connectivity index (χ4n) is 9.53. The van der Waals surface area contributed by atoms with E-state index in [1.54, 1.807) is 0 Å². The third-order valence-corrected chi connectivity index (χ3v) is 12.4. The molecule has 0 fully saturated rings. The molecule has 0 unspecified atom stereocenters. The molecule has 0 aliphatic heterocycles. The van der Waals surface area contributed by atoms with Crippen molar-refractivity contribution < 1.29 is 0 Å². The van der Waals surface area contributed by atoms with Crippen LogP contribution in [0.3, 0.4) is 0 Å². The highest BCUT2D eigenvalue weighted by molar-refractivity contribution is 6.10. The van der Waals surface area contributed by atoms with E-state index in [0.717, 1.165) is 39.4 Å². The highest BCUT2D eigenvalue weighted by atomic mass is 15.1. The lowest BCUT2D eigenvalue weighted by Gasteiger charge is -2.30. The molecule has 0 radical (unpaired) electrons. The van der Waals surface area contributed by atoms with E-state index in [1.165, 1.54) is 60.8 Å². The number of fused-ring (bicyclic) bond motifs is 6. The molecule has 0 saturated carbocycles. The molecule has 2 nitrogen and oxygen atoms in total. The summed E-state index contributed by atoms with van der Waals surface area (Å²) in [7, 11) is 0. The number of hydrogen-bond acceptors (Lipinski definition) is 1. The minimum atomic E-state index is -0.124. The molecule has 0 bridgehead atoms. The van der Waals surface area contributed by atoms with Crippen molar-refractivity contribution in [1.29, 1.82) is 0 Å². The summed E-state index contributed by atoms with van der Waals surface area (Å²) < 4.78 is 2.43. The molecular formula is C57H42N2. The van der Waals surface area contributed by atoms with Crippen molar-refractivity contribution in [3.8, 4) is 50.2 Å². The quantitative estimate of drug-likeness (QED) is 0.157. The maximum absolute atomic E-state index is 2.45. The molecule has 0 saturated heterocycles. The molecule has 1 aliphatic carbocycles. The van der Waals surface area contributed by atoms with Crippen LogP contribution in [0.1, 0.15) is 25.0 Å². The van der Waals surface area contributed by atoms with Gasteiger partial charge in [-0.05, 0) is 99.1 Å². The first kappa shape index (κ1) is 34.8. The van der Waals surface area contributed by atoms with E-state index in [4.69, 9.17) is 0 Å².